The number of ether oxygens (including phenoxy) is 1. The molecule has 0 aliphatic heterocycles. The second-order valence-electron chi connectivity index (χ2n) is 5.84. The van der Waals surface area contributed by atoms with Crippen LogP contribution in [-0.4, -0.2) is 39.3 Å². The molecule has 0 aliphatic rings. The van der Waals surface area contributed by atoms with E-state index in [1.54, 1.807) is 41.2 Å². The number of methoxy groups -OCH3 is 1. The Morgan fingerprint density at radius 3 is 2.69 bits per heavy atom. The third-order valence-corrected chi connectivity index (χ3v) is 4.09. The maximum absolute atomic E-state index is 12.6. The first kappa shape index (κ1) is 17.5. The Balaban J connectivity index is 1.76. The Morgan fingerprint density at radius 1 is 1.15 bits per heavy atom. The third kappa shape index (κ3) is 3.66. The van der Waals surface area contributed by atoms with Crippen LogP contribution in [0.5, 0.6) is 5.75 Å². The lowest BCUT2D eigenvalue weighted by Crippen LogP contribution is -2.33. The minimum absolute atomic E-state index is 0.0452. The zero-order valence-electron chi connectivity index (χ0n) is 14.7. The highest BCUT2D eigenvalue weighted by molar-refractivity contribution is 5.75. The molecule has 0 saturated carbocycles. The normalized spacial score (nSPS) is 10.5. The summed E-state index contributed by atoms with van der Waals surface area (Å²) in [4.78, 5) is 26.3. The van der Waals surface area contributed by atoms with Crippen LogP contribution in [0.15, 0.2) is 65.8 Å². The quantitative estimate of drug-likeness (QED) is 0.677. The first-order valence-corrected chi connectivity index (χ1v) is 8.15. The summed E-state index contributed by atoms with van der Waals surface area (Å²) in [5, 5.41) is 4.25. The minimum Gasteiger partial charge on any atom is -0.491 e. The van der Waals surface area contributed by atoms with E-state index in [1.165, 1.54) is 11.7 Å². The number of pyridine rings is 1. The van der Waals surface area contributed by atoms with Crippen molar-refractivity contribution in [1.29, 1.82) is 0 Å². The Hall–Kier alpha value is -3.35. The summed E-state index contributed by atoms with van der Waals surface area (Å²) in [5.74, 6) is 0.0441. The number of amides is 1. The fourth-order valence-electron chi connectivity index (χ4n) is 2.68. The van der Waals surface area contributed by atoms with Gasteiger partial charge in [-0.1, -0.05) is 18.2 Å². The van der Waals surface area contributed by atoms with Crippen LogP contribution in [0.4, 0.5) is 0 Å². The molecule has 0 radical (unpaired) electrons. The number of aromatic nitrogens is 3. The minimum atomic E-state index is -0.325. The maximum atomic E-state index is 12.6. The molecule has 0 saturated heterocycles. The maximum Gasteiger partial charge on any atom is 0.293 e. The molecule has 7 nitrogen and oxygen atoms in total. The second kappa shape index (κ2) is 7.69. The van der Waals surface area contributed by atoms with Crippen LogP contribution in [0.2, 0.25) is 0 Å². The molecule has 0 N–H and O–H groups in total. The fraction of sp³-hybridized carbons (Fsp3) is 0.211. The van der Waals surface area contributed by atoms with Gasteiger partial charge in [0.25, 0.3) is 5.56 Å². The second-order valence-corrected chi connectivity index (χ2v) is 5.84. The van der Waals surface area contributed by atoms with Crippen molar-refractivity contribution in [3.63, 3.8) is 0 Å². The van der Waals surface area contributed by atoms with Gasteiger partial charge in [0.15, 0.2) is 5.75 Å². The molecule has 0 fully saturated rings. The van der Waals surface area contributed by atoms with Crippen LogP contribution in [0.3, 0.4) is 0 Å². The van der Waals surface area contributed by atoms with Gasteiger partial charge in [-0.05, 0) is 29.8 Å². The van der Waals surface area contributed by atoms with Crippen molar-refractivity contribution in [1.82, 2.24) is 19.2 Å². The summed E-state index contributed by atoms with van der Waals surface area (Å²) in [7, 11) is 3.15. The third-order valence-electron chi connectivity index (χ3n) is 4.09. The van der Waals surface area contributed by atoms with Gasteiger partial charge in [0.05, 0.1) is 12.8 Å². The van der Waals surface area contributed by atoms with Gasteiger partial charge in [0.2, 0.25) is 5.91 Å². The van der Waals surface area contributed by atoms with E-state index >= 15 is 0 Å². The number of nitrogens with zero attached hydrogens (tertiary/aromatic N) is 4. The predicted molar refractivity (Wildman–Crippen MR) is 97.3 cm³/mol. The zero-order chi connectivity index (χ0) is 18.5. The lowest BCUT2D eigenvalue weighted by atomic mass is 10.1. The highest BCUT2D eigenvalue weighted by atomic mass is 16.5. The molecule has 2 aromatic heterocycles. The molecule has 1 amide bonds. The summed E-state index contributed by atoms with van der Waals surface area (Å²) in [5.41, 5.74) is 1.55. The highest BCUT2D eigenvalue weighted by Gasteiger charge is 2.14. The number of hydrogen-bond donors (Lipinski definition) is 0. The molecule has 7 heteroatoms. The monoisotopic (exact) mass is 352 g/mol. The number of hydrogen-bond acceptors (Lipinski definition) is 4. The van der Waals surface area contributed by atoms with E-state index in [-0.39, 0.29) is 23.8 Å². The van der Waals surface area contributed by atoms with Crippen molar-refractivity contribution < 1.29 is 9.53 Å². The summed E-state index contributed by atoms with van der Waals surface area (Å²) in [6.45, 7) is 0.365. The van der Waals surface area contributed by atoms with Crippen LogP contribution in [-0.2, 0) is 17.9 Å². The molecule has 0 unspecified atom stereocenters. The number of carbonyl (C=O) groups is 1. The smallest absolute Gasteiger partial charge is 0.293 e. The highest BCUT2D eigenvalue weighted by Crippen LogP contribution is 2.15. The number of para-hydroxylation sites is 1. The van der Waals surface area contributed by atoms with Crippen molar-refractivity contribution in [2.45, 2.75) is 13.1 Å². The summed E-state index contributed by atoms with van der Waals surface area (Å²) in [6, 6.07) is 12.9. The van der Waals surface area contributed by atoms with E-state index in [1.807, 2.05) is 36.5 Å². The first-order valence-electron chi connectivity index (χ1n) is 8.15. The lowest BCUT2D eigenvalue weighted by Gasteiger charge is -2.20. The van der Waals surface area contributed by atoms with Crippen LogP contribution < -0.4 is 10.3 Å². The molecule has 0 atom stereocenters. The topological polar surface area (TPSA) is 69.4 Å². The molecular formula is C19H20N4O3. The molecule has 0 spiro atoms. The number of rotatable bonds is 6. The molecule has 3 aromatic rings. The van der Waals surface area contributed by atoms with E-state index in [2.05, 4.69) is 5.10 Å². The van der Waals surface area contributed by atoms with Gasteiger partial charge in [-0.2, -0.15) is 5.10 Å². The van der Waals surface area contributed by atoms with Gasteiger partial charge in [0, 0.05) is 32.2 Å². The van der Waals surface area contributed by atoms with Crippen molar-refractivity contribution in [3.05, 3.63) is 77.0 Å². The van der Waals surface area contributed by atoms with Gasteiger partial charge in [-0.15, -0.1) is 0 Å². The number of carbonyl (C=O) groups excluding carboxylic acids is 1. The van der Waals surface area contributed by atoms with Gasteiger partial charge in [0.1, 0.15) is 6.54 Å². The van der Waals surface area contributed by atoms with Gasteiger partial charge < -0.3 is 14.2 Å². The van der Waals surface area contributed by atoms with E-state index in [0.717, 1.165) is 11.3 Å². The summed E-state index contributed by atoms with van der Waals surface area (Å²) < 4.78 is 8.12. The van der Waals surface area contributed by atoms with Crippen LogP contribution >= 0.6 is 0 Å². The van der Waals surface area contributed by atoms with Crippen molar-refractivity contribution in [3.8, 4) is 11.4 Å². The average molecular weight is 352 g/mol. The molecule has 0 aliphatic carbocycles. The van der Waals surface area contributed by atoms with Crippen molar-refractivity contribution >= 4 is 5.91 Å². The van der Waals surface area contributed by atoms with E-state index in [9.17, 15) is 9.59 Å². The van der Waals surface area contributed by atoms with Gasteiger partial charge in [-0.3, -0.25) is 9.59 Å². The Bertz CT molecular complexity index is 947. The van der Waals surface area contributed by atoms with Gasteiger partial charge in [-0.25, -0.2) is 4.68 Å². The van der Waals surface area contributed by atoms with Crippen LogP contribution in [0.1, 0.15) is 5.56 Å². The summed E-state index contributed by atoms with van der Waals surface area (Å²) in [6.07, 6.45) is 5.14. The molecule has 2 heterocycles. The van der Waals surface area contributed by atoms with Crippen LogP contribution in [0.25, 0.3) is 5.69 Å². The SMILES string of the molecule is COc1cccn(CC(=O)N(C)Cc2ccccc2-n2cccn2)c1=O. The average Bonchev–Trinajstić information content (AvgIpc) is 3.18. The molecule has 134 valence electrons. The molecule has 1 aromatic carbocycles. The van der Waals surface area contributed by atoms with E-state index in [0.29, 0.717) is 6.54 Å². The van der Waals surface area contributed by atoms with E-state index < -0.39 is 0 Å². The summed E-state index contributed by atoms with van der Waals surface area (Å²) >= 11 is 0. The Kier molecular flexibility index (Phi) is 5.17. The lowest BCUT2D eigenvalue weighted by molar-refractivity contribution is -0.131. The fourth-order valence-corrected chi connectivity index (χ4v) is 2.68. The van der Waals surface area contributed by atoms with Crippen molar-refractivity contribution in [2.75, 3.05) is 14.2 Å². The number of benzene rings is 1. The predicted octanol–water partition coefficient (Wildman–Crippen LogP) is 1.70. The van der Waals surface area contributed by atoms with E-state index in [4.69, 9.17) is 4.74 Å². The first-order chi connectivity index (χ1) is 12.6. The molecule has 0 bridgehead atoms. The standard InChI is InChI=1S/C19H20N4O3/c1-21(18(24)14-22-11-5-9-17(26-2)19(22)25)13-15-7-3-4-8-16(15)23-12-6-10-20-23/h3-12H,13-14H2,1-2H3. The number of likely N-dealkylation sites (N-methyl/N-ethyl adjacent to an activating group) is 1. The Morgan fingerprint density at radius 2 is 1.96 bits per heavy atom. The molecule has 26 heavy (non-hydrogen) atoms. The van der Waals surface area contributed by atoms with Crippen LogP contribution in [0, 0.1) is 0 Å². The largest absolute Gasteiger partial charge is 0.491 e. The molecular weight excluding hydrogens is 332 g/mol. The van der Waals surface area contributed by atoms with Crippen molar-refractivity contribution in [2.24, 2.45) is 0 Å². The van der Waals surface area contributed by atoms with Gasteiger partial charge >= 0.3 is 0 Å². The zero-order valence-corrected chi connectivity index (χ0v) is 14.7. The molecule has 3 rings (SSSR count). The Labute approximate surface area is 151 Å².